The van der Waals surface area contributed by atoms with Gasteiger partial charge >= 0.3 is 0 Å². The minimum atomic E-state index is -0.410. The van der Waals surface area contributed by atoms with Crippen molar-refractivity contribution in [1.82, 2.24) is 10.2 Å². The van der Waals surface area contributed by atoms with E-state index in [4.69, 9.17) is 10.5 Å². The fraction of sp³-hybridized carbons (Fsp3) is 0.650. The lowest BCUT2D eigenvalue weighted by atomic mass is 9.79. The Bertz CT molecular complexity index is 545. The van der Waals surface area contributed by atoms with Crippen LogP contribution in [0.5, 0.6) is 0 Å². The quantitative estimate of drug-likeness (QED) is 0.746. The molecule has 5 nitrogen and oxygen atoms in total. The molecule has 0 spiro atoms. The van der Waals surface area contributed by atoms with Gasteiger partial charge in [0.15, 0.2) is 0 Å². The van der Waals surface area contributed by atoms with E-state index >= 15 is 0 Å². The molecule has 7 heteroatoms. The summed E-state index contributed by atoms with van der Waals surface area (Å²) in [6.07, 6.45) is 3.77. The van der Waals surface area contributed by atoms with Gasteiger partial charge in [-0.1, -0.05) is 30.3 Å². The van der Waals surface area contributed by atoms with E-state index in [0.717, 1.165) is 51.9 Å². The molecule has 0 bridgehead atoms. The normalized spacial score (nSPS) is 20.2. The number of carbonyl (C=O) groups is 1. The fourth-order valence-corrected chi connectivity index (χ4v) is 3.90. The van der Waals surface area contributed by atoms with E-state index in [9.17, 15) is 4.79 Å². The van der Waals surface area contributed by atoms with Crippen LogP contribution in [0, 0.1) is 11.3 Å². The molecule has 154 valence electrons. The topological polar surface area (TPSA) is 67.6 Å². The van der Waals surface area contributed by atoms with Gasteiger partial charge in [-0.25, -0.2) is 0 Å². The number of nitrogens with two attached hydrogens (primary N) is 1. The van der Waals surface area contributed by atoms with Crippen molar-refractivity contribution in [2.75, 3.05) is 39.4 Å². The number of hydrogen-bond acceptors (Lipinski definition) is 4. The molecular weight excluding hydrogens is 385 g/mol. The van der Waals surface area contributed by atoms with Crippen molar-refractivity contribution >= 4 is 30.7 Å². The predicted molar refractivity (Wildman–Crippen MR) is 113 cm³/mol. The largest absolute Gasteiger partial charge is 0.381 e. The zero-order valence-corrected chi connectivity index (χ0v) is 17.5. The highest BCUT2D eigenvalue weighted by Gasteiger charge is 2.38. The SMILES string of the molecule is Cl.Cl.NCC1(C(=O)NCC2CCN(Cc3ccccc3)CC2)CCOCC1. The lowest BCUT2D eigenvalue weighted by Crippen LogP contribution is -2.50. The average Bonchev–Trinajstić information content (AvgIpc) is 2.68. The Balaban J connectivity index is 0.00000182. The van der Waals surface area contributed by atoms with E-state index in [2.05, 4.69) is 40.5 Å². The molecule has 0 radical (unpaired) electrons. The van der Waals surface area contributed by atoms with Gasteiger partial charge < -0.3 is 15.8 Å². The molecule has 2 aliphatic rings. The highest BCUT2D eigenvalue weighted by atomic mass is 35.5. The summed E-state index contributed by atoms with van der Waals surface area (Å²) in [4.78, 5) is 15.1. The Morgan fingerprint density at radius 1 is 1.15 bits per heavy atom. The van der Waals surface area contributed by atoms with E-state index in [1.807, 2.05) is 0 Å². The molecule has 3 rings (SSSR count). The first kappa shape index (κ1) is 24.2. The first-order valence-corrected chi connectivity index (χ1v) is 9.54. The number of nitrogens with zero attached hydrogens (tertiary/aromatic N) is 1. The molecule has 0 atom stereocenters. The van der Waals surface area contributed by atoms with Crippen LogP contribution < -0.4 is 11.1 Å². The number of ether oxygens (including phenoxy) is 1. The second kappa shape index (κ2) is 11.9. The van der Waals surface area contributed by atoms with Gasteiger partial charge in [0.1, 0.15) is 0 Å². The number of hydrogen-bond donors (Lipinski definition) is 2. The number of carbonyl (C=O) groups excluding carboxylic acids is 1. The van der Waals surface area contributed by atoms with Crippen molar-refractivity contribution < 1.29 is 9.53 Å². The lowest BCUT2D eigenvalue weighted by molar-refractivity contribution is -0.136. The maximum absolute atomic E-state index is 12.6. The summed E-state index contributed by atoms with van der Waals surface area (Å²) in [6, 6.07) is 10.6. The monoisotopic (exact) mass is 417 g/mol. The van der Waals surface area contributed by atoms with Gasteiger partial charge in [-0.3, -0.25) is 9.69 Å². The molecule has 2 fully saturated rings. The minimum absolute atomic E-state index is 0. The number of piperidine rings is 1. The molecule has 3 N–H and O–H groups in total. The maximum Gasteiger partial charge on any atom is 0.227 e. The molecule has 0 unspecified atom stereocenters. The maximum atomic E-state index is 12.6. The predicted octanol–water partition coefficient (Wildman–Crippen LogP) is 2.61. The molecule has 0 saturated carbocycles. The van der Waals surface area contributed by atoms with Crippen LogP contribution in [-0.2, 0) is 16.1 Å². The van der Waals surface area contributed by atoms with Gasteiger partial charge in [-0.15, -0.1) is 24.8 Å². The Kier molecular flexibility index (Phi) is 10.6. The summed E-state index contributed by atoms with van der Waals surface area (Å²) in [6.45, 7) is 5.70. The van der Waals surface area contributed by atoms with Gasteiger partial charge in [0, 0.05) is 32.8 Å². The van der Waals surface area contributed by atoms with Crippen LogP contribution in [0.15, 0.2) is 30.3 Å². The minimum Gasteiger partial charge on any atom is -0.381 e. The van der Waals surface area contributed by atoms with Crippen LogP contribution in [0.4, 0.5) is 0 Å². The summed E-state index contributed by atoms with van der Waals surface area (Å²) in [5.74, 6) is 0.704. The highest BCUT2D eigenvalue weighted by Crippen LogP contribution is 2.29. The fourth-order valence-electron chi connectivity index (χ4n) is 3.90. The summed E-state index contributed by atoms with van der Waals surface area (Å²) >= 11 is 0. The molecule has 2 heterocycles. The number of amides is 1. The zero-order chi connectivity index (χ0) is 17.5. The Hall–Kier alpha value is -0.850. The first-order chi connectivity index (χ1) is 12.2. The Morgan fingerprint density at radius 2 is 1.78 bits per heavy atom. The molecule has 0 aromatic heterocycles. The molecule has 2 aliphatic heterocycles. The second-order valence-electron chi connectivity index (χ2n) is 7.51. The first-order valence-electron chi connectivity index (χ1n) is 9.54. The van der Waals surface area contributed by atoms with E-state index in [-0.39, 0.29) is 30.7 Å². The van der Waals surface area contributed by atoms with Gasteiger partial charge in [-0.2, -0.15) is 0 Å². The van der Waals surface area contributed by atoms with Crippen LogP contribution in [0.25, 0.3) is 0 Å². The smallest absolute Gasteiger partial charge is 0.227 e. The number of rotatable bonds is 6. The molecule has 27 heavy (non-hydrogen) atoms. The van der Waals surface area contributed by atoms with Crippen molar-refractivity contribution in [3.8, 4) is 0 Å². The number of halogens is 2. The van der Waals surface area contributed by atoms with Crippen LogP contribution >= 0.6 is 24.8 Å². The van der Waals surface area contributed by atoms with E-state index in [0.29, 0.717) is 25.7 Å². The second-order valence-corrected chi connectivity index (χ2v) is 7.51. The molecule has 1 amide bonds. The summed E-state index contributed by atoms with van der Waals surface area (Å²) in [5, 5.41) is 3.19. The van der Waals surface area contributed by atoms with Crippen molar-refractivity contribution in [3.05, 3.63) is 35.9 Å². The van der Waals surface area contributed by atoms with Crippen LogP contribution in [0.1, 0.15) is 31.2 Å². The van der Waals surface area contributed by atoms with Crippen LogP contribution in [-0.4, -0.2) is 50.2 Å². The zero-order valence-electron chi connectivity index (χ0n) is 15.9. The van der Waals surface area contributed by atoms with Crippen LogP contribution in [0.2, 0.25) is 0 Å². The number of benzene rings is 1. The van der Waals surface area contributed by atoms with Crippen molar-refractivity contribution in [2.24, 2.45) is 17.1 Å². The van der Waals surface area contributed by atoms with Crippen molar-refractivity contribution in [3.63, 3.8) is 0 Å². The molecule has 2 saturated heterocycles. The summed E-state index contributed by atoms with van der Waals surface area (Å²) < 4.78 is 5.39. The van der Waals surface area contributed by atoms with E-state index in [1.54, 1.807) is 0 Å². The third-order valence-electron chi connectivity index (χ3n) is 5.83. The average molecular weight is 418 g/mol. The summed E-state index contributed by atoms with van der Waals surface area (Å²) in [5.41, 5.74) is 6.88. The Morgan fingerprint density at radius 3 is 2.37 bits per heavy atom. The van der Waals surface area contributed by atoms with Gasteiger partial charge in [0.2, 0.25) is 5.91 Å². The Labute approximate surface area is 175 Å². The van der Waals surface area contributed by atoms with Crippen LogP contribution in [0.3, 0.4) is 0 Å². The molecular formula is C20H33Cl2N3O2. The van der Waals surface area contributed by atoms with E-state index < -0.39 is 5.41 Å². The van der Waals surface area contributed by atoms with E-state index in [1.165, 1.54) is 5.56 Å². The van der Waals surface area contributed by atoms with Gasteiger partial charge in [-0.05, 0) is 50.3 Å². The van der Waals surface area contributed by atoms with Gasteiger partial charge in [0.05, 0.1) is 5.41 Å². The molecule has 1 aromatic rings. The third kappa shape index (κ3) is 6.61. The third-order valence-corrected chi connectivity index (χ3v) is 5.83. The van der Waals surface area contributed by atoms with Crippen molar-refractivity contribution in [2.45, 2.75) is 32.2 Å². The van der Waals surface area contributed by atoms with Gasteiger partial charge in [0.25, 0.3) is 0 Å². The molecule has 0 aliphatic carbocycles. The number of nitrogens with one attached hydrogen (secondary N) is 1. The number of likely N-dealkylation sites (tertiary alicyclic amines) is 1. The van der Waals surface area contributed by atoms with Crippen molar-refractivity contribution in [1.29, 1.82) is 0 Å². The lowest BCUT2D eigenvalue weighted by Gasteiger charge is -2.36. The highest BCUT2D eigenvalue weighted by molar-refractivity contribution is 5.85. The standard InChI is InChI=1S/C20H31N3O2.2ClH/c21-16-20(8-12-25-13-9-20)19(24)22-14-17-6-10-23(11-7-17)15-18-4-2-1-3-5-18;;/h1-5,17H,6-16,21H2,(H,22,24);2*1H. The molecule has 1 aromatic carbocycles. The summed E-state index contributed by atoms with van der Waals surface area (Å²) in [7, 11) is 0.